The Morgan fingerprint density at radius 2 is 1.83 bits per heavy atom. The van der Waals surface area contributed by atoms with Gasteiger partial charge in [-0.25, -0.2) is 17.6 Å². The van der Waals surface area contributed by atoms with Crippen molar-refractivity contribution in [1.29, 1.82) is 0 Å². The Morgan fingerprint density at radius 1 is 1.10 bits per heavy atom. The fourth-order valence-corrected chi connectivity index (χ4v) is 4.86. The van der Waals surface area contributed by atoms with Crippen LogP contribution in [0.1, 0.15) is 29.6 Å². The number of rotatable bonds is 6. The molecule has 0 aromatic heterocycles. The quantitative estimate of drug-likeness (QED) is 0.675. The molecule has 1 fully saturated rings. The van der Waals surface area contributed by atoms with Crippen molar-refractivity contribution in [2.75, 3.05) is 25.0 Å². The Labute approximate surface area is 178 Å². The molecule has 30 heavy (non-hydrogen) atoms. The van der Waals surface area contributed by atoms with E-state index in [1.807, 2.05) is 0 Å². The lowest BCUT2D eigenvalue weighted by molar-refractivity contribution is -0.119. The lowest BCUT2D eigenvalue weighted by Crippen LogP contribution is -2.35. The molecule has 2 aromatic rings. The Hall–Kier alpha value is -2.49. The first-order chi connectivity index (χ1) is 14.3. The summed E-state index contributed by atoms with van der Waals surface area (Å²) < 4.78 is 44.9. The highest BCUT2D eigenvalue weighted by atomic mass is 35.5. The van der Waals surface area contributed by atoms with E-state index < -0.39 is 34.3 Å². The van der Waals surface area contributed by atoms with Gasteiger partial charge in [0.15, 0.2) is 6.61 Å². The van der Waals surface area contributed by atoms with Gasteiger partial charge in [-0.2, -0.15) is 4.31 Å². The number of anilines is 1. The lowest BCUT2D eigenvalue weighted by Gasteiger charge is -2.26. The second kappa shape index (κ2) is 9.55. The number of benzene rings is 2. The highest BCUT2D eigenvalue weighted by Gasteiger charge is 2.26. The molecule has 0 spiro atoms. The Morgan fingerprint density at radius 3 is 2.53 bits per heavy atom. The van der Waals surface area contributed by atoms with Crippen LogP contribution in [-0.2, 0) is 19.6 Å². The van der Waals surface area contributed by atoms with E-state index in [0.29, 0.717) is 13.1 Å². The summed E-state index contributed by atoms with van der Waals surface area (Å²) in [6.07, 6.45) is 2.64. The number of nitrogens with one attached hydrogen (secondary N) is 1. The number of carbonyl (C=O) groups is 2. The number of piperidine rings is 1. The van der Waals surface area contributed by atoms with E-state index in [-0.39, 0.29) is 21.2 Å². The highest BCUT2D eigenvalue weighted by molar-refractivity contribution is 7.89. The Bertz CT molecular complexity index is 1050. The number of esters is 1. The van der Waals surface area contributed by atoms with Crippen molar-refractivity contribution in [3.05, 3.63) is 58.9 Å². The molecular formula is C20H20ClFN2O5S. The van der Waals surface area contributed by atoms with Crippen LogP contribution in [0.2, 0.25) is 5.02 Å². The summed E-state index contributed by atoms with van der Waals surface area (Å²) in [5.41, 5.74) is 0.189. The molecule has 1 aliphatic heterocycles. The van der Waals surface area contributed by atoms with E-state index in [1.165, 1.54) is 28.6 Å². The first-order valence-electron chi connectivity index (χ1n) is 9.29. The summed E-state index contributed by atoms with van der Waals surface area (Å²) in [6, 6.07) is 9.06. The average Bonchev–Trinajstić information content (AvgIpc) is 2.73. The Balaban J connectivity index is 1.61. The minimum absolute atomic E-state index is 0.0690. The zero-order valence-corrected chi connectivity index (χ0v) is 17.5. The van der Waals surface area contributed by atoms with Crippen molar-refractivity contribution in [3.8, 4) is 0 Å². The van der Waals surface area contributed by atoms with Gasteiger partial charge in [-0.15, -0.1) is 0 Å². The molecule has 1 heterocycles. The molecule has 0 bridgehead atoms. The maximum atomic E-state index is 13.1. The maximum Gasteiger partial charge on any atom is 0.340 e. The van der Waals surface area contributed by atoms with Crippen molar-refractivity contribution in [1.82, 2.24) is 4.31 Å². The van der Waals surface area contributed by atoms with Gasteiger partial charge in [-0.05, 0) is 49.2 Å². The van der Waals surface area contributed by atoms with Gasteiger partial charge in [0.1, 0.15) is 5.82 Å². The van der Waals surface area contributed by atoms with Crippen molar-refractivity contribution >= 4 is 39.2 Å². The van der Waals surface area contributed by atoms with Crippen molar-refractivity contribution in [2.45, 2.75) is 24.2 Å². The van der Waals surface area contributed by atoms with Gasteiger partial charge in [0.25, 0.3) is 5.91 Å². The molecule has 0 radical (unpaired) electrons. The zero-order chi connectivity index (χ0) is 21.7. The minimum Gasteiger partial charge on any atom is -0.452 e. The number of carbonyl (C=O) groups excluding carboxylic acids is 2. The van der Waals surface area contributed by atoms with Crippen LogP contribution in [0.5, 0.6) is 0 Å². The fourth-order valence-electron chi connectivity index (χ4n) is 3.05. The second-order valence-corrected chi connectivity index (χ2v) is 9.09. The molecule has 7 nitrogen and oxygen atoms in total. The van der Waals surface area contributed by atoms with E-state index >= 15 is 0 Å². The van der Waals surface area contributed by atoms with Gasteiger partial charge in [-0.1, -0.05) is 24.1 Å². The molecule has 1 N–H and O–H groups in total. The largest absolute Gasteiger partial charge is 0.452 e. The summed E-state index contributed by atoms with van der Waals surface area (Å²) in [7, 11) is -3.64. The summed E-state index contributed by atoms with van der Waals surface area (Å²) in [4.78, 5) is 24.2. The van der Waals surface area contributed by atoms with Gasteiger partial charge in [-0.3, -0.25) is 4.79 Å². The number of amides is 1. The molecule has 1 aliphatic rings. The molecule has 10 heteroatoms. The number of hydrogen-bond acceptors (Lipinski definition) is 5. The smallest absolute Gasteiger partial charge is 0.340 e. The summed E-state index contributed by atoms with van der Waals surface area (Å²) in [6.45, 7) is 0.331. The second-order valence-electron chi connectivity index (χ2n) is 6.74. The van der Waals surface area contributed by atoms with Crippen LogP contribution in [0, 0.1) is 5.82 Å². The minimum atomic E-state index is -3.64. The zero-order valence-electron chi connectivity index (χ0n) is 15.9. The predicted molar refractivity (Wildman–Crippen MR) is 109 cm³/mol. The first-order valence-corrected chi connectivity index (χ1v) is 11.1. The van der Waals surface area contributed by atoms with Crippen LogP contribution in [0.4, 0.5) is 10.1 Å². The van der Waals surface area contributed by atoms with Crippen LogP contribution in [0.15, 0.2) is 47.4 Å². The molecule has 0 atom stereocenters. The van der Waals surface area contributed by atoms with E-state index in [9.17, 15) is 22.4 Å². The number of hydrogen-bond donors (Lipinski definition) is 1. The van der Waals surface area contributed by atoms with E-state index in [4.69, 9.17) is 16.3 Å². The van der Waals surface area contributed by atoms with E-state index in [0.717, 1.165) is 37.5 Å². The molecule has 2 aromatic carbocycles. The standard InChI is InChI=1S/C20H20ClFN2O5S/c21-18-11-14(22)7-8-17(18)20(26)29-13-19(25)23-15-5-4-6-16(12-15)30(27,28)24-9-2-1-3-10-24/h4-8,11-12H,1-3,9-10,13H2,(H,23,25). The van der Waals surface area contributed by atoms with Crippen LogP contribution >= 0.6 is 11.6 Å². The van der Waals surface area contributed by atoms with Gasteiger partial charge >= 0.3 is 5.97 Å². The van der Waals surface area contributed by atoms with Gasteiger partial charge < -0.3 is 10.1 Å². The molecule has 160 valence electrons. The molecule has 1 saturated heterocycles. The predicted octanol–water partition coefficient (Wildman–Crippen LogP) is 3.45. The molecule has 0 saturated carbocycles. The number of halogens is 2. The summed E-state index contributed by atoms with van der Waals surface area (Å²) in [5, 5.41) is 2.37. The van der Waals surface area contributed by atoms with Crippen LogP contribution in [0.3, 0.4) is 0 Å². The SMILES string of the molecule is O=C(COC(=O)c1ccc(F)cc1Cl)Nc1cccc(S(=O)(=O)N2CCCCC2)c1. The third-order valence-corrected chi connectivity index (χ3v) is 6.76. The summed E-state index contributed by atoms with van der Waals surface area (Å²) in [5.74, 6) is -2.14. The number of nitrogens with zero attached hydrogens (tertiary/aromatic N) is 1. The highest BCUT2D eigenvalue weighted by Crippen LogP contribution is 2.23. The lowest BCUT2D eigenvalue weighted by atomic mass is 10.2. The molecular weight excluding hydrogens is 435 g/mol. The van der Waals surface area contributed by atoms with Crippen LogP contribution in [0.25, 0.3) is 0 Å². The maximum absolute atomic E-state index is 13.1. The van der Waals surface area contributed by atoms with Gasteiger partial charge in [0, 0.05) is 18.8 Å². The van der Waals surface area contributed by atoms with Crippen molar-refractivity contribution < 1.29 is 27.1 Å². The first kappa shape index (κ1) is 22.2. The molecule has 0 aliphatic carbocycles. The third kappa shape index (κ3) is 5.35. The fraction of sp³-hybridized carbons (Fsp3) is 0.300. The third-order valence-electron chi connectivity index (χ3n) is 4.56. The van der Waals surface area contributed by atoms with Gasteiger partial charge in [0.05, 0.1) is 15.5 Å². The van der Waals surface area contributed by atoms with Crippen molar-refractivity contribution in [3.63, 3.8) is 0 Å². The monoisotopic (exact) mass is 454 g/mol. The number of sulfonamides is 1. The van der Waals surface area contributed by atoms with Gasteiger partial charge in [0.2, 0.25) is 10.0 Å². The topological polar surface area (TPSA) is 92.8 Å². The molecule has 0 unspecified atom stereocenters. The summed E-state index contributed by atoms with van der Waals surface area (Å²) >= 11 is 5.79. The molecule has 1 amide bonds. The van der Waals surface area contributed by atoms with Crippen LogP contribution in [-0.4, -0.2) is 44.3 Å². The van der Waals surface area contributed by atoms with Crippen molar-refractivity contribution in [2.24, 2.45) is 0 Å². The normalized spacial score (nSPS) is 14.9. The van der Waals surface area contributed by atoms with E-state index in [1.54, 1.807) is 0 Å². The Kier molecular flexibility index (Phi) is 7.06. The van der Waals surface area contributed by atoms with E-state index in [2.05, 4.69) is 5.32 Å². The number of ether oxygens (including phenoxy) is 1. The average molecular weight is 455 g/mol. The van der Waals surface area contributed by atoms with Crippen LogP contribution < -0.4 is 5.32 Å². The molecule has 3 rings (SSSR count).